The van der Waals surface area contributed by atoms with Gasteiger partial charge in [0, 0.05) is 23.6 Å². The highest BCUT2D eigenvalue weighted by Crippen LogP contribution is 2.42. The summed E-state index contributed by atoms with van der Waals surface area (Å²) in [7, 11) is 0. The van der Waals surface area contributed by atoms with Crippen LogP contribution in [0.4, 0.5) is 5.69 Å². The average molecular weight is 406 g/mol. The van der Waals surface area contributed by atoms with Crippen LogP contribution in [0.2, 0.25) is 0 Å². The fourth-order valence-corrected chi connectivity index (χ4v) is 4.03. The lowest BCUT2D eigenvalue weighted by molar-refractivity contribution is -0.132. The second-order valence-electron chi connectivity index (χ2n) is 7.35. The van der Waals surface area contributed by atoms with Crippen LogP contribution in [0, 0.1) is 0 Å². The Morgan fingerprint density at radius 1 is 0.839 bits per heavy atom. The molecule has 5 nitrogen and oxygen atoms in total. The van der Waals surface area contributed by atoms with Crippen LogP contribution in [-0.2, 0) is 9.59 Å². The summed E-state index contributed by atoms with van der Waals surface area (Å²) in [5, 5.41) is 13.2. The molecule has 1 fully saturated rings. The standard InChI is InChI=1S/C26H18N2O3/c29-24(19-13-12-17-7-4-5-8-18(17)15-19)22-23(20-9-6-14-27-16-20)28(26(31)25(22)30)21-10-2-1-3-11-21/h1-16,23,29H/b24-22-. The molecule has 0 spiro atoms. The minimum Gasteiger partial charge on any atom is -0.507 e. The fraction of sp³-hybridized carbons (Fsp3) is 0.0385. The smallest absolute Gasteiger partial charge is 0.300 e. The Morgan fingerprint density at radius 2 is 1.58 bits per heavy atom. The van der Waals surface area contributed by atoms with Crippen molar-refractivity contribution < 1.29 is 14.7 Å². The minimum absolute atomic E-state index is 0.0529. The molecular weight excluding hydrogens is 388 g/mol. The molecule has 5 heteroatoms. The van der Waals surface area contributed by atoms with Crippen LogP contribution in [0.3, 0.4) is 0 Å². The molecule has 5 rings (SSSR count). The van der Waals surface area contributed by atoms with Gasteiger partial charge < -0.3 is 5.11 Å². The van der Waals surface area contributed by atoms with Gasteiger partial charge in [0.15, 0.2) is 0 Å². The fourth-order valence-electron chi connectivity index (χ4n) is 4.03. The number of benzene rings is 3. The number of aromatic nitrogens is 1. The van der Waals surface area contributed by atoms with Crippen molar-refractivity contribution in [3.8, 4) is 0 Å². The lowest BCUT2D eigenvalue weighted by Crippen LogP contribution is -2.29. The average Bonchev–Trinajstić information content (AvgIpc) is 3.10. The number of fused-ring (bicyclic) bond motifs is 1. The third-order valence-electron chi connectivity index (χ3n) is 5.50. The molecule has 1 aromatic heterocycles. The quantitative estimate of drug-likeness (QED) is 0.300. The normalized spacial score (nSPS) is 17.9. The Hall–Kier alpha value is -4.25. The Morgan fingerprint density at radius 3 is 2.32 bits per heavy atom. The van der Waals surface area contributed by atoms with Gasteiger partial charge in [-0.15, -0.1) is 0 Å². The van der Waals surface area contributed by atoms with Gasteiger partial charge in [0.25, 0.3) is 11.7 Å². The van der Waals surface area contributed by atoms with Gasteiger partial charge in [-0.1, -0.05) is 60.7 Å². The number of ketones is 1. The van der Waals surface area contributed by atoms with Gasteiger partial charge >= 0.3 is 0 Å². The number of nitrogens with zero attached hydrogens (tertiary/aromatic N) is 2. The number of aliphatic hydroxyl groups is 1. The molecule has 1 aliphatic heterocycles. The number of rotatable bonds is 3. The first-order valence-electron chi connectivity index (χ1n) is 9.90. The third kappa shape index (κ3) is 3.16. The molecule has 1 atom stereocenters. The summed E-state index contributed by atoms with van der Waals surface area (Å²) in [6.07, 6.45) is 3.24. The molecule has 31 heavy (non-hydrogen) atoms. The summed E-state index contributed by atoms with van der Waals surface area (Å²) in [4.78, 5) is 31.8. The van der Waals surface area contributed by atoms with Gasteiger partial charge in [-0.05, 0) is 40.6 Å². The number of amides is 1. The van der Waals surface area contributed by atoms with Crippen LogP contribution < -0.4 is 4.90 Å². The second-order valence-corrected chi connectivity index (χ2v) is 7.35. The number of hydrogen-bond donors (Lipinski definition) is 1. The maximum atomic E-state index is 13.1. The molecule has 1 saturated heterocycles. The van der Waals surface area contributed by atoms with Crippen LogP contribution in [0.15, 0.2) is 103 Å². The van der Waals surface area contributed by atoms with E-state index in [4.69, 9.17) is 0 Å². The highest BCUT2D eigenvalue weighted by molar-refractivity contribution is 6.51. The topological polar surface area (TPSA) is 70.5 Å². The predicted molar refractivity (Wildman–Crippen MR) is 119 cm³/mol. The van der Waals surface area contributed by atoms with E-state index in [2.05, 4.69) is 4.98 Å². The number of hydrogen-bond acceptors (Lipinski definition) is 4. The number of para-hydroxylation sites is 1. The number of Topliss-reactive ketones (excluding diaryl/α,β-unsaturated/α-hetero) is 1. The van der Waals surface area contributed by atoms with Crippen LogP contribution in [0.1, 0.15) is 17.2 Å². The second kappa shape index (κ2) is 7.54. The maximum absolute atomic E-state index is 13.1. The van der Waals surface area contributed by atoms with E-state index in [1.165, 1.54) is 4.90 Å². The largest absolute Gasteiger partial charge is 0.507 e. The Balaban J connectivity index is 1.73. The van der Waals surface area contributed by atoms with Crippen molar-refractivity contribution in [3.05, 3.63) is 114 Å². The maximum Gasteiger partial charge on any atom is 0.300 e. The summed E-state index contributed by atoms with van der Waals surface area (Å²) in [5.74, 6) is -1.60. The summed E-state index contributed by atoms with van der Waals surface area (Å²) in [6, 6.07) is 25.0. The van der Waals surface area contributed by atoms with E-state index in [9.17, 15) is 14.7 Å². The summed E-state index contributed by atoms with van der Waals surface area (Å²) in [5.41, 5.74) is 1.76. The van der Waals surface area contributed by atoms with E-state index >= 15 is 0 Å². The molecular formula is C26H18N2O3. The zero-order valence-corrected chi connectivity index (χ0v) is 16.5. The molecule has 1 aliphatic rings. The van der Waals surface area contributed by atoms with Gasteiger partial charge in [0.2, 0.25) is 0 Å². The highest BCUT2D eigenvalue weighted by atomic mass is 16.3. The van der Waals surface area contributed by atoms with Crippen LogP contribution in [-0.4, -0.2) is 21.8 Å². The molecule has 0 bridgehead atoms. The Bertz CT molecular complexity index is 1330. The van der Waals surface area contributed by atoms with Gasteiger partial charge in [-0.3, -0.25) is 19.5 Å². The van der Waals surface area contributed by atoms with Crippen molar-refractivity contribution in [3.63, 3.8) is 0 Å². The number of aliphatic hydroxyl groups excluding tert-OH is 1. The van der Waals surface area contributed by atoms with Crippen molar-refractivity contribution in [1.82, 2.24) is 4.98 Å². The van der Waals surface area contributed by atoms with Gasteiger partial charge in [0.05, 0.1) is 11.6 Å². The third-order valence-corrected chi connectivity index (χ3v) is 5.50. The van der Waals surface area contributed by atoms with E-state index in [1.807, 2.05) is 42.5 Å². The van der Waals surface area contributed by atoms with Crippen molar-refractivity contribution in [2.45, 2.75) is 6.04 Å². The first-order valence-corrected chi connectivity index (χ1v) is 9.90. The zero-order chi connectivity index (χ0) is 21.4. The lowest BCUT2D eigenvalue weighted by Gasteiger charge is -2.25. The first kappa shape index (κ1) is 18.8. The summed E-state index contributed by atoms with van der Waals surface area (Å²) in [6.45, 7) is 0. The Labute approximate surface area is 178 Å². The van der Waals surface area contributed by atoms with Crippen molar-refractivity contribution in [1.29, 1.82) is 0 Å². The van der Waals surface area contributed by atoms with Gasteiger partial charge in [-0.2, -0.15) is 0 Å². The molecule has 0 saturated carbocycles. The van der Waals surface area contributed by atoms with Crippen LogP contribution >= 0.6 is 0 Å². The number of carbonyl (C=O) groups excluding carboxylic acids is 2. The highest BCUT2D eigenvalue weighted by Gasteiger charge is 2.47. The molecule has 3 aromatic carbocycles. The minimum atomic E-state index is -0.775. The van der Waals surface area contributed by atoms with Gasteiger partial charge in [-0.25, -0.2) is 0 Å². The van der Waals surface area contributed by atoms with E-state index in [0.29, 0.717) is 16.8 Å². The van der Waals surface area contributed by atoms with Crippen LogP contribution in [0.25, 0.3) is 16.5 Å². The SMILES string of the molecule is O=C1C(=O)N(c2ccccc2)C(c2cccnc2)/C1=C(/O)c1ccc2ccccc2c1. The predicted octanol–water partition coefficient (Wildman–Crippen LogP) is 4.86. The Kier molecular flexibility index (Phi) is 4.56. The van der Waals surface area contributed by atoms with Gasteiger partial charge in [0.1, 0.15) is 5.76 Å². The summed E-state index contributed by atoms with van der Waals surface area (Å²) < 4.78 is 0. The van der Waals surface area contributed by atoms with Crippen molar-refractivity contribution in [2.75, 3.05) is 4.90 Å². The number of anilines is 1. The molecule has 0 radical (unpaired) electrons. The number of pyridine rings is 1. The van der Waals surface area contributed by atoms with E-state index in [0.717, 1.165) is 10.8 Å². The molecule has 150 valence electrons. The zero-order valence-electron chi connectivity index (χ0n) is 16.5. The van der Waals surface area contributed by atoms with Crippen LogP contribution in [0.5, 0.6) is 0 Å². The summed E-state index contributed by atoms with van der Waals surface area (Å²) >= 11 is 0. The molecule has 1 amide bonds. The molecule has 2 heterocycles. The first-order chi connectivity index (χ1) is 15.1. The van der Waals surface area contributed by atoms with Crippen molar-refractivity contribution in [2.24, 2.45) is 0 Å². The molecule has 1 unspecified atom stereocenters. The van der Waals surface area contributed by atoms with E-state index in [1.54, 1.807) is 54.9 Å². The number of carbonyl (C=O) groups is 2. The monoisotopic (exact) mass is 406 g/mol. The molecule has 0 aliphatic carbocycles. The van der Waals surface area contributed by atoms with E-state index < -0.39 is 17.7 Å². The molecule has 4 aromatic rings. The lowest BCUT2D eigenvalue weighted by atomic mass is 9.95. The van der Waals surface area contributed by atoms with E-state index in [-0.39, 0.29) is 11.3 Å². The molecule has 1 N–H and O–H groups in total. The van der Waals surface area contributed by atoms with Crippen molar-refractivity contribution >= 4 is 33.9 Å².